The summed E-state index contributed by atoms with van der Waals surface area (Å²) in [6.07, 6.45) is 0. The molecule has 0 unspecified atom stereocenters. The lowest BCUT2D eigenvalue weighted by molar-refractivity contribution is -0.123. The number of hydrogen-bond acceptors (Lipinski definition) is 3. The summed E-state index contributed by atoms with van der Waals surface area (Å²) in [6.45, 7) is 15.0. The fourth-order valence-electron chi connectivity index (χ4n) is 2.56. The molecule has 0 aromatic heterocycles. The second-order valence-corrected chi connectivity index (χ2v) is 6.60. The van der Waals surface area contributed by atoms with Crippen LogP contribution in [0.4, 0.5) is 0 Å². The van der Waals surface area contributed by atoms with Gasteiger partial charge in [0.05, 0.1) is 0 Å². The molecule has 7 heteroatoms. The monoisotopic (exact) mass is 439 g/mol. The van der Waals surface area contributed by atoms with Gasteiger partial charge in [-0.1, -0.05) is 27.7 Å². The lowest BCUT2D eigenvalue weighted by Gasteiger charge is -2.37. The fraction of sp³-hybridized carbons (Fsp3) is 0.875. The number of rotatable bonds is 6. The van der Waals surface area contributed by atoms with Gasteiger partial charge in [0.1, 0.15) is 0 Å². The van der Waals surface area contributed by atoms with E-state index in [4.69, 9.17) is 0 Å². The van der Waals surface area contributed by atoms with Crippen molar-refractivity contribution in [3.8, 4) is 0 Å². The zero-order valence-electron chi connectivity index (χ0n) is 15.3. The van der Waals surface area contributed by atoms with E-state index in [1.165, 1.54) is 6.54 Å². The summed E-state index contributed by atoms with van der Waals surface area (Å²) in [6, 6.07) is 0. The molecule has 6 nitrogen and oxygen atoms in total. The van der Waals surface area contributed by atoms with Gasteiger partial charge in [0.15, 0.2) is 5.96 Å². The van der Waals surface area contributed by atoms with Gasteiger partial charge in [-0.2, -0.15) is 0 Å². The van der Waals surface area contributed by atoms with Crippen molar-refractivity contribution in [2.24, 2.45) is 16.8 Å². The van der Waals surface area contributed by atoms with Crippen molar-refractivity contribution in [1.82, 2.24) is 20.4 Å². The predicted molar refractivity (Wildman–Crippen MR) is 107 cm³/mol. The van der Waals surface area contributed by atoms with Crippen LogP contribution < -0.4 is 10.6 Å². The van der Waals surface area contributed by atoms with Crippen LogP contribution in [0.15, 0.2) is 4.99 Å². The maximum absolute atomic E-state index is 11.5. The van der Waals surface area contributed by atoms with Crippen molar-refractivity contribution in [3.05, 3.63) is 0 Å². The number of carbonyl (C=O) groups is 1. The average Bonchev–Trinajstić information content (AvgIpc) is 2.47. The molecule has 1 aliphatic rings. The summed E-state index contributed by atoms with van der Waals surface area (Å²) >= 11 is 0. The van der Waals surface area contributed by atoms with E-state index >= 15 is 0 Å². The van der Waals surface area contributed by atoms with Crippen molar-refractivity contribution in [3.63, 3.8) is 0 Å². The minimum atomic E-state index is 0. The summed E-state index contributed by atoms with van der Waals surface area (Å²) in [5, 5.41) is 6.24. The standard InChI is InChI=1S/C16H33N5O.HI/c1-13(2)12-20-8-10-21(11-9-20)16(17-5)19-7-6-18-15(22)14(3)4;/h13-14H,6-12H2,1-5H3,(H,17,19)(H,18,22);1H. The molecule has 136 valence electrons. The summed E-state index contributed by atoms with van der Waals surface area (Å²) in [5.74, 6) is 1.78. The number of nitrogens with one attached hydrogen (secondary N) is 2. The zero-order valence-corrected chi connectivity index (χ0v) is 17.6. The summed E-state index contributed by atoms with van der Waals surface area (Å²) in [4.78, 5) is 20.7. The number of nitrogens with zero attached hydrogens (tertiary/aromatic N) is 3. The van der Waals surface area contributed by atoms with Gasteiger partial charge in [-0.15, -0.1) is 24.0 Å². The van der Waals surface area contributed by atoms with E-state index in [1.807, 2.05) is 20.9 Å². The van der Waals surface area contributed by atoms with Gasteiger partial charge in [0, 0.05) is 58.8 Å². The summed E-state index contributed by atoms with van der Waals surface area (Å²) in [7, 11) is 1.82. The highest BCUT2D eigenvalue weighted by Crippen LogP contribution is 2.05. The first-order valence-corrected chi connectivity index (χ1v) is 8.39. The molecule has 1 rings (SSSR count). The first kappa shape index (κ1) is 22.4. The van der Waals surface area contributed by atoms with Gasteiger partial charge < -0.3 is 15.5 Å². The van der Waals surface area contributed by atoms with Gasteiger partial charge in [-0.3, -0.25) is 14.7 Å². The third-order valence-electron chi connectivity index (χ3n) is 3.74. The van der Waals surface area contributed by atoms with E-state index in [2.05, 4.69) is 39.3 Å². The van der Waals surface area contributed by atoms with Gasteiger partial charge in [-0.25, -0.2) is 0 Å². The molecule has 23 heavy (non-hydrogen) atoms. The van der Waals surface area contributed by atoms with Crippen LogP contribution in [0.1, 0.15) is 27.7 Å². The molecule has 1 heterocycles. The Morgan fingerprint density at radius 2 is 1.61 bits per heavy atom. The Hall–Kier alpha value is -0.570. The lowest BCUT2D eigenvalue weighted by Crippen LogP contribution is -2.53. The summed E-state index contributed by atoms with van der Waals surface area (Å²) < 4.78 is 0. The lowest BCUT2D eigenvalue weighted by atomic mass is 10.2. The Labute approximate surface area is 158 Å². The number of halogens is 1. The van der Waals surface area contributed by atoms with E-state index in [1.54, 1.807) is 0 Å². The number of hydrogen-bond donors (Lipinski definition) is 2. The fourth-order valence-corrected chi connectivity index (χ4v) is 2.56. The highest BCUT2D eigenvalue weighted by Gasteiger charge is 2.19. The minimum absolute atomic E-state index is 0. The first-order chi connectivity index (χ1) is 10.4. The molecule has 2 N–H and O–H groups in total. The number of aliphatic imine (C=N–C) groups is 1. The van der Waals surface area contributed by atoms with Gasteiger partial charge in [0.25, 0.3) is 0 Å². The van der Waals surface area contributed by atoms with Crippen LogP contribution in [0.25, 0.3) is 0 Å². The maximum atomic E-state index is 11.5. The molecular formula is C16H34IN5O. The van der Waals surface area contributed by atoms with E-state index < -0.39 is 0 Å². The van der Waals surface area contributed by atoms with Crippen LogP contribution in [-0.2, 0) is 4.79 Å². The molecule has 0 spiro atoms. The molecule has 1 fully saturated rings. The van der Waals surface area contributed by atoms with Gasteiger partial charge in [0.2, 0.25) is 5.91 Å². The molecule has 1 aliphatic heterocycles. The molecule has 0 atom stereocenters. The molecule has 1 amide bonds. The average molecular weight is 439 g/mol. The van der Waals surface area contributed by atoms with Crippen molar-refractivity contribution < 1.29 is 4.79 Å². The molecule has 0 bridgehead atoms. The summed E-state index contributed by atoms with van der Waals surface area (Å²) in [5.41, 5.74) is 0. The molecule has 0 aliphatic carbocycles. The normalized spacial score (nSPS) is 16.5. The van der Waals surface area contributed by atoms with E-state index in [0.717, 1.165) is 32.1 Å². The third kappa shape index (κ3) is 8.74. The second-order valence-electron chi connectivity index (χ2n) is 6.60. The number of carbonyl (C=O) groups excluding carboxylic acids is 1. The number of piperazine rings is 1. The Morgan fingerprint density at radius 1 is 1.04 bits per heavy atom. The first-order valence-electron chi connectivity index (χ1n) is 8.39. The largest absolute Gasteiger partial charge is 0.354 e. The Morgan fingerprint density at radius 3 is 2.09 bits per heavy atom. The van der Waals surface area contributed by atoms with Gasteiger partial charge in [-0.05, 0) is 5.92 Å². The quantitative estimate of drug-likeness (QED) is 0.283. The van der Waals surface area contributed by atoms with E-state index in [-0.39, 0.29) is 35.8 Å². The Balaban J connectivity index is 0.00000484. The second kappa shape index (κ2) is 11.9. The van der Waals surface area contributed by atoms with Crippen molar-refractivity contribution >= 4 is 35.8 Å². The van der Waals surface area contributed by atoms with Crippen LogP contribution in [0.5, 0.6) is 0 Å². The van der Waals surface area contributed by atoms with Crippen LogP contribution in [0.3, 0.4) is 0 Å². The number of guanidine groups is 1. The van der Waals surface area contributed by atoms with Crippen LogP contribution in [0, 0.1) is 11.8 Å². The Bertz CT molecular complexity index is 365. The van der Waals surface area contributed by atoms with E-state index in [9.17, 15) is 4.79 Å². The molecule has 0 radical (unpaired) electrons. The highest BCUT2D eigenvalue weighted by atomic mass is 127. The zero-order chi connectivity index (χ0) is 16.5. The molecular weight excluding hydrogens is 405 g/mol. The third-order valence-corrected chi connectivity index (χ3v) is 3.74. The van der Waals surface area contributed by atoms with Crippen LogP contribution in [0.2, 0.25) is 0 Å². The Kier molecular flexibility index (Phi) is 11.6. The molecule has 0 aromatic rings. The number of amides is 1. The molecule has 0 saturated carbocycles. The predicted octanol–water partition coefficient (Wildman–Crippen LogP) is 1.23. The topological polar surface area (TPSA) is 60.0 Å². The minimum Gasteiger partial charge on any atom is -0.354 e. The van der Waals surface area contributed by atoms with Crippen molar-refractivity contribution in [1.29, 1.82) is 0 Å². The van der Waals surface area contributed by atoms with Crippen LogP contribution >= 0.6 is 24.0 Å². The molecule has 1 saturated heterocycles. The molecule has 0 aromatic carbocycles. The highest BCUT2D eigenvalue weighted by molar-refractivity contribution is 14.0. The maximum Gasteiger partial charge on any atom is 0.222 e. The van der Waals surface area contributed by atoms with Crippen molar-refractivity contribution in [2.75, 3.05) is 52.9 Å². The van der Waals surface area contributed by atoms with E-state index in [0.29, 0.717) is 19.0 Å². The van der Waals surface area contributed by atoms with Crippen LogP contribution in [-0.4, -0.2) is 74.5 Å². The van der Waals surface area contributed by atoms with Crippen molar-refractivity contribution in [2.45, 2.75) is 27.7 Å². The SMILES string of the molecule is CN=C(NCCNC(=O)C(C)C)N1CCN(CC(C)C)CC1.I. The smallest absolute Gasteiger partial charge is 0.222 e. The van der Waals surface area contributed by atoms with Gasteiger partial charge >= 0.3 is 0 Å².